The van der Waals surface area contributed by atoms with Gasteiger partial charge in [-0.25, -0.2) is 0 Å². The molecule has 0 spiro atoms. The number of aliphatic hydroxyl groups excluding tert-OH is 1. The molecule has 0 bridgehead atoms. The molecule has 86 valence electrons. The van der Waals surface area contributed by atoms with Gasteiger partial charge in [-0.1, -0.05) is 0 Å². The maximum atomic E-state index is 11.4. The molecule has 0 aliphatic carbocycles. The quantitative estimate of drug-likeness (QED) is 0.707. The van der Waals surface area contributed by atoms with Crippen molar-refractivity contribution in [1.29, 1.82) is 0 Å². The summed E-state index contributed by atoms with van der Waals surface area (Å²) in [5, 5.41) is 14.5. The van der Waals surface area contributed by atoms with Crippen molar-refractivity contribution < 1.29 is 14.6 Å². The van der Waals surface area contributed by atoms with Gasteiger partial charge in [-0.15, -0.1) is 0 Å². The lowest BCUT2D eigenvalue weighted by Gasteiger charge is -2.23. The first kappa shape index (κ1) is 10.8. The molecule has 1 aromatic carbocycles. The minimum atomic E-state index is -0.455. The van der Waals surface area contributed by atoms with E-state index in [1.165, 1.54) is 0 Å². The van der Waals surface area contributed by atoms with E-state index in [2.05, 4.69) is 10.6 Å². The van der Waals surface area contributed by atoms with E-state index in [0.29, 0.717) is 18.0 Å². The number of rotatable bonds is 3. The lowest BCUT2D eigenvalue weighted by Crippen LogP contribution is -2.34. The minimum Gasteiger partial charge on any atom is -0.479 e. The fraction of sp³-hybridized carbons (Fsp3) is 0.364. The molecule has 1 aliphatic heterocycles. The topological polar surface area (TPSA) is 70.6 Å². The minimum absolute atomic E-state index is 0.0664. The molecule has 1 atom stereocenters. The maximum Gasteiger partial charge on any atom is 0.265 e. The third-order valence-electron chi connectivity index (χ3n) is 2.35. The van der Waals surface area contributed by atoms with E-state index < -0.39 is 6.10 Å². The largest absolute Gasteiger partial charge is 0.479 e. The smallest absolute Gasteiger partial charge is 0.265 e. The summed E-state index contributed by atoms with van der Waals surface area (Å²) >= 11 is 0. The number of fused-ring (bicyclic) bond motifs is 1. The van der Waals surface area contributed by atoms with Gasteiger partial charge >= 0.3 is 0 Å². The predicted octanol–water partition coefficient (Wildman–Crippen LogP) is 0.810. The third kappa shape index (κ3) is 2.09. The number of aliphatic hydroxyl groups is 1. The summed E-state index contributed by atoms with van der Waals surface area (Å²) in [6.45, 7) is 2.25. The van der Waals surface area contributed by atoms with Gasteiger partial charge in [-0.3, -0.25) is 4.79 Å². The van der Waals surface area contributed by atoms with Gasteiger partial charge in [0, 0.05) is 12.2 Å². The molecule has 16 heavy (non-hydrogen) atoms. The summed E-state index contributed by atoms with van der Waals surface area (Å²) < 4.78 is 5.41. The van der Waals surface area contributed by atoms with E-state index in [1.807, 2.05) is 6.07 Å². The van der Waals surface area contributed by atoms with Crippen LogP contribution in [-0.2, 0) is 4.79 Å². The molecule has 0 aromatic heterocycles. The first-order valence-corrected chi connectivity index (χ1v) is 5.17. The first-order valence-electron chi connectivity index (χ1n) is 5.17. The molecule has 0 radical (unpaired) electrons. The molecular formula is C11H14N2O3. The highest BCUT2D eigenvalue weighted by Crippen LogP contribution is 2.31. The number of hydrogen-bond donors (Lipinski definition) is 3. The van der Waals surface area contributed by atoms with Gasteiger partial charge in [-0.2, -0.15) is 0 Å². The Balaban J connectivity index is 2.19. The van der Waals surface area contributed by atoms with Crippen LogP contribution in [0.2, 0.25) is 0 Å². The average Bonchev–Trinajstić information content (AvgIpc) is 2.28. The van der Waals surface area contributed by atoms with Crippen molar-refractivity contribution in [2.75, 3.05) is 23.8 Å². The summed E-state index contributed by atoms with van der Waals surface area (Å²) in [6.07, 6.45) is -0.455. The summed E-state index contributed by atoms with van der Waals surface area (Å²) in [7, 11) is 0. The van der Waals surface area contributed by atoms with Crippen molar-refractivity contribution in [3.05, 3.63) is 18.2 Å². The predicted molar refractivity (Wildman–Crippen MR) is 60.7 cm³/mol. The van der Waals surface area contributed by atoms with Crippen molar-refractivity contribution in [1.82, 2.24) is 0 Å². The van der Waals surface area contributed by atoms with Crippen LogP contribution in [0.3, 0.4) is 0 Å². The molecule has 0 saturated heterocycles. The van der Waals surface area contributed by atoms with E-state index >= 15 is 0 Å². The Morgan fingerprint density at radius 2 is 2.38 bits per heavy atom. The van der Waals surface area contributed by atoms with Crippen LogP contribution >= 0.6 is 0 Å². The summed E-state index contributed by atoms with van der Waals surface area (Å²) in [5.41, 5.74) is 1.50. The third-order valence-corrected chi connectivity index (χ3v) is 2.35. The molecule has 1 aromatic rings. The van der Waals surface area contributed by atoms with Gasteiger partial charge in [0.15, 0.2) is 6.10 Å². The molecule has 1 aliphatic rings. The highest BCUT2D eigenvalue weighted by Gasteiger charge is 2.23. The zero-order chi connectivity index (χ0) is 11.5. The Labute approximate surface area is 93.4 Å². The Morgan fingerprint density at radius 1 is 1.56 bits per heavy atom. The number of nitrogens with one attached hydrogen (secondary N) is 2. The van der Waals surface area contributed by atoms with Gasteiger partial charge in [-0.05, 0) is 25.1 Å². The van der Waals surface area contributed by atoms with Gasteiger partial charge in [0.1, 0.15) is 5.75 Å². The fourth-order valence-electron chi connectivity index (χ4n) is 1.52. The van der Waals surface area contributed by atoms with Crippen LogP contribution in [0.25, 0.3) is 0 Å². The lowest BCUT2D eigenvalue weighted by atomic mass is 10.2. The van der Waals surface area contributed by atoms with E-state index in [4.69, 9.17) is 9.84 Å². The van der Waals surface area contributed by atoms with E-state index in [1.54, 1.807) is 19.1 Å². The van der Waals surface area contributed by atoms with Gasteiger partial charge < -0.3 is 20.5 Å². The number of benzene rings is 1. The molecule has 1 unspecified atom stereocenters. The standard InChI is InChI=1S/C11H14N2O3/c1-7-11(15)13-9-6-8(12-4-5-14)2-3-10(9)16-7/h2-3,6-7,12,14H,4-5H2,1H3,(H,13,15). The van der Waals surface area contributed by atoms with Crippen LogP contribution in [0.5, 0.6) is 5.75 Å². The highest BCUT2D eigenvalue weighted by molar-refractivity contribution is 5.98. The van der Waals surface area contributed by atoms with Crippen molar-refractivity contribution >= 4 is 17.3 Å². The zero-order valence-corrected chi connectivity index (χ0v) is 8.99. The SMILES string of the molecule is CC1Oc2ccc(NCCO)cc2NC1=O. The number of carbonyl (C=O) groups excluding carboxylic acids is 1. The number of amides is 1. The molecular weight excluding hydrogens is 208 g/mol. The number of anilines is 2. The van der Waals surface area contributed by atoms with E-state index in [0.717, 1.165) is 5.69 Å². The molecule has 5 nitrogen and oxygen atoms in total. The fourth-order valence-corrected chi connectivity index (χ4v) is 1.52. The second-order valence-corrected chi connectivity index (χ2v) is 3.61. The summed E-state index contributed by atoms with van der Waals surface area (Å²) in [4.78, 5) is 11.4. The molecule has 0 saturated carbocycles. The second-order valence-electron chi connectivity index (χ2n) is 3.61. The van der Waals surface area contributed by atoms with Crippen LogP contribution in [0.1, 0.15) is 6.92 Å². The first-order chi connectivity index (χ1) is 7.70. The molecule has 3 N–H and O–H groups in total. The molecule has 1 heterocycles. The Kier molecular flexibility index (Phi) is 2.96. The van der Waals surface area contributed by atoms with Crippen LogP contribution in [0, 0.1) is 0 Å². The highest BCUT2D eigenvalue weighted by atomic mass is 16.5. The normalized spacial score (nSPS) is 18.4. The van der Waals surface area contributed by atoms with Crippen LogP contribution in [-0.4, -0.2) is 30.3 Å². The van der Waals surface area contributed by atoms with Crippen molar-refractivity contribution in [2.45, 2.75) is 13.0 Å². The van der Waals surface area contributed by atoms with Crippen LogP contribution in [0.15, 0.2) is 18.2 Å². The van der Waals surface area contributed by atoms with Crippen molar-refractivity contribution in [3.63, 3.8) is 0 Å². The van der Waals surface area contributed by atoms with Crippen LogP contribution < -0.4 is 15.4 Å². The number of ether oxygens (including phenoxy) is 1. The van der Waals surface area contributed by atoms with Crippen molar-refractivity contribution in [2.24, 2.45) is 0 Å². The molecule has 5 heteroatoms. The number of hydrogen-bond acceptors (Lipinski definition) is 4. The van der Waals surface area contributed by atoms with Crippen LogP contribution in [0.4, 0.5) is 11.4 Å². The maximum absolute atomic E-state index is 11.4. The average molecular weight is 222 g/mol. The number of carbonyl (C=O) groups is 1. The van der Waals surface area contributed by atoms with Gasteiger partial charge in [0.2, 0.25) is 0 Å². The zero-order valence-electron chi connectivity index (χ0n) is 8.99. The van der Waals surface area contributed by atoms with Gasteiger partial charge in [0.25, 0.3) is 5.91 Å². The second kappa shape index (κ2) is 4.40. The molecule has 2 rings (SSSR count). The summed E-state index contributed by atoms with van der Waals surface area (Å²) in [6, 6.07) is 5.43. The monoisotopic (exact) mass is 222 g/mol. The Morgan fingerprint density at radius 3 is 3.12 bits per heavy atom. The summed E-state index contributed by atoms with van der Waals surface area (Å²) in [5.74, 6) is 0.522. The molecule has 1 amide bonds. The lowest BCUT2D eigenvalue weighted by molar-refractivity contribution is -0.122. The molecule has 0 fully saturated rings. The van der Waals surface area contributed by atoms with Gasteiger partial charge in [0.05, 0.1) is 12.3 Å². The Bertz CT molecular complexity index is 406. The van der Waals surface area contributed by atoms with Crippen molar-refractivity contribution in [3.8, 4) is 5.75 Å². The van der Waals surface area contributed by atoms with E-state index in [9.17, 15) is 4.79 Å². The van der Waals surface area contributed by atoms with E-state index in [-0.39, 0.29) is 12.5 Å². The Hall–Kier alpha value is -1.75.